The minimum Gasteiger partial charge on any atom is -0.378 e. The van der Waals surface area contributed by atoms with Crippen molar-refractivity contribution in [3.05, 3.63) is 0 Å². The molecule has 1 aromatic heterocycles. The van der Waals surface area contributed by atoms with E-state index in [-0.39, 0.29) is 5.95 Å². The van der Waals surface area contributed by atoms with E-state index in [9.17, 15) is 0 Å². The number of rotatable bonds is 5. The number of hydrogen-bond donors (Lipinski definition) is 2. The SMILES string of the molecule is CN(C)CCNc1nc(N)nc(N2CCOCC2)n1. The fraction of sp³-hybridized carbons (Fsp3) is 0.727. The highest BCUT2D eigenvalue weighted by Crippen LogP contribution is 2.13. The number of anilines is 3. The average Bonchev–Trinajstić information content (AvgIpc) is 2.39. The fourth-order valence-corrected chi connectivity index (χ4v) is 1.76. The number of nitrogen functional groups attached to an aromatic ring is 1. The zero-order valence-electron chi connectivity index (χ0n) is 11.5. The lowest BCUT2D eigenvalue weighted by molar-refractivity contribution is 0.122. The van der Waals surface area contributed by atoms with Gasteiger partial charge in [0.1, 0.15) is 0 Å². The molecule has 8 heteroatoms. The van der Waals surface area contributed by atoms with Crippen LogP contribution in [0.2, 0.25) is 0 Å². The number of ether oxygens (including phenoxy) is 1. The second kappa shape index (κ2) is 6.48. The monoisotopic (exact) mass is 267 g/mol. The zero-order chi connectivity index (χ0) is 13.7. The molecule has 8 nitrogen and oxygen atoms in total. The molecule has 0 radical (unpaired) electrons. The van der Waals surface area contributed by atoms with Gasteiger partial charge in [-0.2, -0.15) is 15.0 Å². The fourth-order valence-electron chi connectivity index (χ4n) is 1.76. The first-order valence-electron chi connectivity index (χ1n) is 6.38. The van der Waals surface area contributed by atoms with Gasteiger partial charge < -0.3 is 25.6 Å². The van der Waals surface area contributed by atoms with Crippen LogP contribution in [0.4, 0.5) is 17.8 Å². The number of nitrogens with zero attached hydrogens (tertiary/aromatic N) is 5. The van der Waals surface area contributed by atoms with Gasteiger partial charge in [0, 0.05) is 26.2 Å². The van der Waals surface area contributed by atoms with Gasteiger partial charge in [-0.1, -0.05) is 0 Å². The first kappa shape index (κ1) is 13.8. The smallest absolute Gasteiger partial charge is 0.232 e. The summed E-state index contributed by atoms with van der Waals surface area (Å²) in [5.74, 6) is 1.38. The van der Waals surface area contributed by atoms with E-state index < -0.39 is 0 Å². The van der Waals surface area contributed by atoms with E-state index in [1.165, 1.54) is 0 Å². The van der Waals surface area contributed by atoms with Crippen LogP contribution in [-0.4, -0.2) is 73.3 Å². The minimum absolute atomic E-state index is 0.240. The van der Waals surface area contributed by atoms with Crippen LogP contribution in [-0.2, 0) is 4.74 Å². The van der Waals surface area contributed by atoms with Crippen molar-refractivity contribution in [2.24, 2.45) is 0 Å². The summed E-state index contributed by atoms with van der Waals surface area (Å²) >= 11 is 0. The standard InChI is InChI=1S/C11H21N7O/c1-17(2)4-3-13-10-14-9(12)15-11(16-10)18-5-7-19-8-6-18/h3-8H2,1-2H3,(H3,12,13,14,15,16). The molecule has 3 N–H and O–H groups in total. The van der Waals surface area contributed by atoms with E-state index in [1.54, 1.807) is 0 Å². The van der Waals surface area contributed by atoms with Gasteiger partial charge in [-0.05, 0) is 14.1 Å². The second-order valence-corrected chi connectivity index (χ2v) is 4.65. The van der Waals surface area contributed by atoms with Crippen molar-refractivity contribution in [3.63, 3.8) is 0 Å². The molecule has 2 heterocycles. The molecule has 1 aromatic rings. The third-order valence-electron chi connectivity index (χ3n) is 2.78. The van der Waals surface area contributed by atoms with Crippen LogP contribution in [0.1, 0.15) is 0 Å². The number of morpholine rings is 1. The quantitative estimate of drug-likeness (QED) is 0.721. The van der Waals surface area contributed by atoms with Crippen LogP contribution < -0.4 is 16.0 Å². The maximum absolute atomic E-state index is 5.73. The Labute approximate surface area is 113 Å². The van der Waals surface area contributed by atoms with E-state index in [0.717, 1.165) is 26.2 Å². The molecule has 0 bridgehead atoms. The van der Waals surface area contributed by atoms with Crippen LogP contribution in [0.25, 0.3) is 0 Å². The minimum atomic E-state index is 0.240. The summed E-state index contributed by atoms with van der Waals surface area (Å²) < 4.78 is 5.31. The molecule has 19 heavy (non-hydrogen) atoms. The Kier molecular flexibility index (Phi) is 4.69. The van der Waals surface area contributed by atoms with Crippen molar-refractivity contribution in [1.82, 2.24) is 19.9 Å². The number of likely N-dealkylation sites (N-methyl/N-ethyl adjacent to an activating group) is 1. The molecular weight excluding hydrogens is 246 g/mol. The maximum Gasteiger partial charge on any atom is 0.232 e. The van der Waals surface area contributed by atoms with Gasteiger partial charge in [-0.3, -0.25) is 0 Å². The molecular formula is C11H21N7O. The molecule has 2 rings (SSSR count). The van der Waals surface area contributed by atoms with Crippen LogP contribution in [0, 0.1) is 0 Å². The Bertz CT molecular complexity index is 406. The van der Waals surface area contributed by atoms with Gasteiger partial charge in [0.05, 0.1) is 13.2 Å². The summed E-state index contributed by atoms with van der Waals surface area (Å²) in [6.45, 7) is 4.60. The van der Waals surface area contributed by atoms with Crippen molar-refractivity contribution in [2.45, 2.75) is 0 Å². The van der Waals surface area contributed by atoms with Crippen LogP contribution >= 0.6 is 0 Å². The third kappa shape index (κ3) is 4.18. The second-order valence-electron chi connectivity index (χ2n) is 4.65. The van der Waals surface area contributed by atoms with Gasteiger partial charge in [0.15, 0.2) is 0 Å². The number of aromatic nitrogens is 3. The van der Waals surface area contributed by atoms with Crippen molar-refractivity contribution in [3.8, 4) is 0 Å². The lowest BCUT2D eigenvalue weighted by Crippen LogP contribution is -2.37. The van der Waals surface area contributed by atoms with Crippen molar-refractivity contribution in [1.29, 1.82) is 0 Å². The lowest BCUT2D eigenvalue weighted by atomic mass is 10.4. The molecule has 106 valence electrons. The maximum atomic E-state index is 5.73. The molecule has 0 aromatic carbocycles. The summed E-state index contributed by atoms with van der Waals surface area (Å²) in [5, 5.41) is 3.15. The zero-order valence-corrected chi connectivity index (χ0v) is 11.5. The van der Waals surface area contributed by atoms with Crippen molar-refractivity contribution in [2.75, 3.05) is 69.4 Å². The molecule has 0 atom stereocenters. The van der Waals surface area contributed by atoms with Gasteiger partial charge in [-0.15, -0.1) is 0 Å². The summed E-state index contributed by atoms with van der Waals surface area (Å²) in [6, 6.07) is 0. The van der Waals surface area contributed by atoms with Gasteiger partial charge in [0.25, 0.3) is 0 Å². The topological polar surface area (TPSA) is 92.4 Å². The third-order valence-corrected chi connectivity index (χ3v) is 2.78. The van der Waals surface area contributed by atoms with E-state index in [1.807, 2.05) is 14.1 Å². The van der Waals surface area contributed by atoms with E-state index in [2.05, 4.69) is 30.1 Å². The molecule has 0 unspecified atom stereocenters. The van der Waals surface area contributed by atoms with Gasteiger partial charge in [-0.25, -0.2) is 0 Å². The first-order chi connectivity index (χ1) is 9.15. The number of nitrogens with one attached hydrogen (secondary N) is 1. The first-order valence-corrected chi connectivity index (χ1v) is 6.38. The molecule has 1 aliphatic heterocycles. The average molecular weight is 267 g/mol. The number of hydrogen-bond acceptors (Lipinski definition) is 8. The summed E-state index contributed by atoms with van der Waals surface area (Å²) in [6.07, 6.45) is 0. The highest BCUT2D eigenvalue weighted by Gasteiger charge is 2.15. The molecule has 1 saturated heterocycles. The Morgan fingerprint density at radius 1 is 1.26 bits per heavy atom. The van der Waals surface area contributed by atoms with Crippen LogP contribution in [0.15, 0.2) is 0 Å². The van der Waals surface area contributed by atoms with Crippen molar-refractivity contribution >= 4 is 17.8 Å². The molecule has 0 saturated carbocycles. The molecule has 0 aliphatic carbocycles. The molecule has 0 spiro atoms. The van der Waals surface area contributed by atoms with Gasteiger partial charge in [0.2, 0.25) is 17.8 Å². The van der Waals surface area contributed by atoms with Gasteiger partial charge >= 0.3 is 0 Å². The summed E-state index contributed by atoms with van der Waals surface area (Å²) in [5.41, 5.74) is 5.73. The highest BCUT2D eigenvalue weighted by atomic mass is 16.5. The lowest BCUT2D eigenvalue weighted by Gasteiger charge is -2.26. The Morgan fingerprint density at radius 3 is 2.68 bits per heavy atom. The Hall–Kier alpha value is -1.67. The molecule has 1 fully saturated rings. The van der Waals surface area contributed by atoms with Crippen LogP contribution in [0.5, 0.6) is 0 Å². The van der Waals surface area contributed by atoms with Crippen LogP contribution in [0.3, 0.4) is 0 Å². The Balaban J connectivity index is 2.01. The summed E-state index contributed by atoms with van der Waals surface area (Å²) in [7, 11) is 4.03. The Morgan fingerprint density at radius 2 is 2.00 bits per heavy atom. The van der Waals surface area contributed by atoms with E-state index in [0.29, 0.717) is 25.1 Å². The summed E-state index contributed by atoms with van der Waals surface area (Å²) in [4.78, 5) is 16.8. The van der Waals surface area contributed by atoms with E-state index >= 15 is 0 Å². The normalized spacial score (nSPS) is 15.8. The highest BCUT2D eigenvalue weighted by molar-refractivity contribution is 5.42. The van der Waals surface area contributed by atoms with Crippen molar-refractivity contribution < 1.29 is 4.74 Å². The van der Waals surface area contributed by atoms with E-state index in [4.69, 9.17) is 10.5 Å². The molecule has 1 aliphatic rings. The molecule has 0 amide bonds. The predicted octanol–water partition coefficient (Wildman–Crippen LogP) is -0.736. The largest absolute Gasteiger partial charge is 0.378 e. The number of nitrogens with two attached hydrogens (primary N) is 1. The predicted molar refractivity (Wildman–Crippen MR) is 74.3 cm³/mol.